The Labute approximate surface area is 204 Å². The van der Waals surface area contributed by atoms with Gasteiger partial charge >= 0.3 is 11.9 Å². The summed E-state index contributed by atoms with van der Waals surface area (Å²) in [5, 5.41) is 0.601. The molecule has 0 saturated heterocycles. The van der Waals surface area contributed by atoms with Crippen LogP contribution in [0, 0.1) is 0 Å². The second kappa shape index (κ2) is 9.68. The average Bonchev–Trinajstić information content (AvgIpc) is 3.40. The van der Waals surface area contributed by atoms with Gasteiger partial charge in [-0.05, 0) is 70.0 Å². The molecule has 1 aliphatic heterocycles. The number of carbonyl (C=O) groups excluding carboxylic acids is 2. The summed E-state index contributed by atoms with van der Waals surface area (Å²) in [6, 6.07) is 13.7. The molecular formula is C23H12Br2ClNO5. The molecule has 1 aromatic heterocycles. The third-order valence-electron chi connectivity index (χ3n) is 4.17. The predicted molar refractivity (Wildman–Crippen MR) is 127 cm³/mol. The molecule has 0 aliphatic carbocycles. The highest BCUT2D eigenvalue weighted by Crippen LogP contribution is 2.35. The van der Waals surface area contributed by atoms with Crippen LogP contribution in [0.5, 0.6) is 5.75 Å². The molecule has 0 radical (unpaired) electrons. The summed E-state index contributed by atoms with van der Waals surface area (Å²) in [6.07, 6.45) is 5.83. The van der Waals surface area contributed by atoms with Crippen LogP contribution in [0.3, 0.4) is 0 Å². The average molecular weight is 578 g/mol. The van der Waals surface area contributed by atoms with Crippen LogP contribution in [0.4, 0.5) is 0 Å². The van der Waals surface area contributed by atoms with E-state index in [0.717, 1.165) is 5.56 Å². The van der Waals surface area contributed by atoms with E-state index in [4.69, 9.17) is 25.5 Å². The normalized spacial score (nSPS) is 14.7. The van der Waals surface area contributed by atoms with Gasteiger partial charge in [0.1, 0.15) is 0 Å². The Kier molecular flexibility index (Phi) is 6.74. The van der Waals surface area contributed by atoms with Gasteiger partial charge in [0, 0.05) is 21.1 Å². The second-order valence-corrected chi connectivity index (χ2v) is 8.63. The van der Waals surface area contributed by atoms with Crippen LogP contribution < -0.4 is 4.74 Å². The number of hydrogen-bond acceptors (Lipinski definition) is 6. The number of halogens is 3. The van der Waals surface area contributed by atoms with Gasteiger partial charge in [0.25, 0.3) is 5.90 Å². The Balaban J connectivity index is 1.61. The first-order valence-electron chi connectivity index (χ1n) is 9.10. The number of hydrogen-bond donors (Lipinski definition) is 0. The molecule has 0 spiro atoms. The molecule has 0 saturated carbocycles. The lowest BCUT2D eigenvalue weighted by Crippen LogP contribution is -2.06. The first-order chi connectivity index (χ1) is 15.4. The fraction of sp³-hybridized carbons (Fsp3) is 0. The quantitative estimate of drug-likeness (QED) is 0.199. The van der Waals surface area contributed by atoms with E-state index in [1.807, 2.05) is 0 Å². The van der Waals surface area contributed by atoms with Gasteiger partial charge in [0.2, 0.25) is 0 Å². The van der Waals surface area contributed by atoms with Crippen molar-refractivity contribution in [3.63, 3.8) is 0 Å². The highest BCUT2D eigenvalue weighted by Gasteiger charge is 2.26. The fourth-order valence-electron chi connectivity index (χ4n) is 2.73. The monoisotopic (exact) mass is 575 g/mol. The van der Waals surface area contributed by atoms with Crippen molar-refractivity contribution < 1.29 is 23.5 Å². The van der Waals surface area contributed by atoms with E-state index < -0.39 is 11.9 Å². The lowest BCUT2D eigenvalue weighted by Gasteiger charge is -2.09. The third kappa shape index (κ3) is 5.27. The van der Waals surface area contributed by atoms with Crippen molar-refractivity contribution >= 4 is 73.4 Å². The number of furan rings is 1. The van der Waals surface area contributed by atoms with Crippen molar-refractivity contribution in [2.24, 2.45) is 4.99 Å². The minimum Gasteiger partial charge on any atom is -0.459 e. The van der Waals surface area contributed by atoms with Crippen LogP contribution >= 0.6 is 43.5 Å². The van der Waals surface area contributed by atoms with Crippen molar-refractivity contribution in [2.75, 3.05) is 0 Å². The number of benzene rings is 2. The lowest BCUT2D eigenvalue weighted by molar-refractivity contribution is -0.130. The van der Waals surface area contributed by atoms with E-state index in [0.29, 0.717) is 25.3 Å². The Morgan fingerprint density at radius 1 is 1.12 bits per heavy atom. The molecule has 2 aromatic carbocycles. The minimum absolute atomic E-state index is 0.0374. The number of nitrogens with zero attached hydrogens (tertiary/aromatic N) is 1. The summed E-state index contributed by atoms with van der Waals surface area (Å²) in [4.78, 5) is 28.9. The predicted octanol–water partition coefficient (Wildman–Crippen LogP) is 6.42. The topological polar surface area (TPSA) is 78.1 Å². The zero-order valence-electron chi connectivity index (χ0n) is 16.1. The van der Waals surface area contributed by atoms with Gasteiger partial charge in [0.05, 0.1) is 10.7 Å². The van der Waals surface area contributed by atoms with E-state index in [9.17, 15) is 9.59 Å². The molecule has 0 N–H and O–H groups in total. The molecule has 0 unspecified atom stereocenters. The van der Waals surface area contributed by atoms with Gasteiger partial charge < -0.3 is 13.9 Å². The van der Waals surface area contributed by atoms with Gasteiger partial charge in [-0.2, -0.15) is 0 Å². The molecule has 1 aliphatic rings. The van der Waals surface area contributed by atoms with Gasteiger partial charge in [0.15, 0.2) is 17.2 Å². The first kappa shape index (κ1) is 22.3. The van der Waals surface area contributed by atoms with Crippen LogP contribution in [0.1, 0.15) is 16.9 Å². The fourth-order valence-corrected chi connectivity index (χ4v) is 4.20. The summed E-state index contributed by atoms with van der Waals surface area (Å²) in [7, 11) is 0. The molecule has 0 fully saturated rings. The van der Waals surface area contributed by atoms with Crippen molar-refractivity contribution in [2.45, 2.75) is 0 Å². The number of esters is 2. The van der Waals surface area contributed by atoms with Crippen molar-refractivity contribution in [1.29, 1.82) is 0 Å². The van der Waals surface area contributed by atoms with Crippen molar-refractivity contribution in [3.8, 4) is 5.75 Å². The summed E-state index contributed by atoms with van der Waals surface area (Å²) < 4.78 is 17.1. The maximum atomic E-state index is 12.4. The third-order valence-corrected chi connectivity index (χ3v) is 5.47. The van der Waals surface area contributed by atoms with Crippen LogP contribution in [-0.4, -0.2) is 17.8 Å². The van der Waals surface area contributed by atoms with E-state index in [1.54, 1.807) is 54.6 Å². The molecule has 3 aromatic rings. The molecule has 0 bridgehead atoms. The Morgan fingerprint density at radius 2 is 1.91 bits per heavy atom. The maximum Gasteiger partial charge on any atom is 0.363 e. The van der Waals surface area contributed by atoms with Crippen molar-refractivity contribution in [1.82, 2.24) is 0 Å². The van der Waals surface area contributed by atoms with Crippen LogP contribution in [0.15, 0.2) is 84.9 Å². The SMILES string of the molecule is O=C(/C=C/c1ccc(Cl)cc1)Oc1c(Br)cc(Br)cc1/C=C1/N=C(c2ccco2)OC1=O. The van der Waals surface area contributed by atoms with Crippen molar-refractivity contribution in [3.05, 3.63) is 97.4 Å². The lowest BCUT2D eigenvalue weighted by atomic mass is 10.1. The summed E-state index contributed by atoms with van der Waals surface area (Å²) in [5.41, 5.74) is 1.27. The van der Waals surface area contributed by atoms with Crippen LogP contribution in [0.25, 0.3) is 12.2 Å². The van der Waals surface area contributed by atoms with Crippen LogP contribution in [0.2, 0.25) is 5.02 Å². The molecule has 160 valence electrons. The smallest absolute Gasteiger partial charge is 0.363 e. The van der Waals surface area contributed by atoms with E-state index in [-0.39, 0.29) is 17.3 Å². The van der Waals surface area contributed by atoms with Crippen LogP contribution in [-0.2, 0) is 14.3 Å². The highest BCUT2D eigenvalue weighted by atomic mass is 79.9. The molecule has 32 heavy (non-hydrogen) atoms. The van der Waals surface area contributed by atoms with E-state index >= 15 is 0 Å². The van der Waals surface area contributed by atoms with Gasteiger partial charge in [-0.1, -0.05) is 39.7 Å². The second-order valence-electron chi connectivity index (χ2n) is 6.43. The zero-order chi connectivity index (χ0) is 22.7. The van der Waals surface area contributed by atoms with Gasteiger partial charge in [-0.3, -0.25) is 0 Å². The minimum atomic E-state index is -0.646. The Bertz CT molecular complexity index is 1280. The number of cyclic esters (lactones) is 1. The summed E-state index contributed by atoms with van der Waals surface area (Å²) in [6.45, 7) is 0. The largest absolute Gasteiger partial charge is 0.459 e. The zero-order valence-corrected chi connectivity index (χ0v) is 20.0. The molecule has 9 heteroatoms. The molecule has 6 nitrogen and oxygen atoms in total. The standard InChI is InChI=1S/C23H12Br2ClNO5/c24-15-10-14(11-18-23(29)32-22(27-18)19-2-1-9-30-19)21(17(25)12-15)31-20(28)8-5-13-3-6-16(26)7-4-13/h1-12H/b8-5+,18-11+. The first-order valence-corrected chi connectivity index (χ1v) is 11.1. The van der Waals surface area contributed by atoms with E-state index in [2.05, 4.69) is 36.9 Å². The molecular weight excluding hydrogens is 566 g/mol. The molecule has 4 rings (SSSR count). The van der Waals surface area contributed by atoms with Gasteiger partial charge in [-0.15, -0.1) is 0 Å². The number of ether oxygens (including phenoxy) is 2. The Hall–Kier alpha value is -2.94. The maximum absolute atomic E-state index is 12.4. The highest BCUT2D eigenvalue weighted by molar-refractivity contribution is 9.11. The summed E-state index contributed by atoms with van der Waals surface area (Å²) >= 11 is 12.7. The number of carbonyl (C=O) groups is 2. The molecule has 2 heterocycles. The van der Waals surface area contributed by atoms with Gasteiger partial charge in [-0.25, -0.2) is 14.6 Å². The molecule has 0 atom stereocenters. The van der Waals surface area contributed by atoms with E-state index in [1.165, 1.54) is 18.4 Å². The molecule has 0 amide bonds. The Morgan fingerprint density at radius 3 is 2.62 bits per heavy atom. The number of rotatable bonds is 5. The summed E-state index contributed by atoms with van der Waals surface area (Å²) in [5.74, 6) is -0.634. The number of aliphatic imine (C=N–C) groups is 1.